The molecule has 0 spiro atoms. The highest BCUT2D eigenvalue weighted by Gasteiger charge is 2.29. The molecule has 0 saturated heterocycles. The average Bonchev–Trinajstić information content (AvgIpc) is 3.73. The molecule has 0 radical (unpaired) electrons. The molecular weight excluding hydrogens is 512 g/mol. The van der Waals surface area contributed by atoms with Crippen molar-refractivity contribution in [3.8, 4) is 0 Å². The molecule has 7 heterocycles. The Hall–Kier alpha value is -6.03. The molecule has 41 heavy (non-hydrogen) atoms. The third-order valence-corrected chi connectivity index (χ3v) is 7.85. The third kappa shape index (κ3) is 2.67. The maximum atomic E-state index is 5.19. The molecule has 4 aliphatic rings. The van der Waals surface area contributed by atoms with Gasteiger partial charge in [-0.3, -0.25) is 4.98 Å². The largest absolute Gasteiger partial charge is 0.264 e. The lowest BCUT2D eigenvalue weighted by Gasteiger charge is -2.17. The van der Waals surface area contributed by atoms with Gasteiger partial charge in [-0.05, 0) is 6.07 Å². The molecule has 0 aliphatic carbocycles. The van der Waals surface area contributed by atoms with Gasteiger partial charge >= 0.3 is 0 Å². The molecule has 4 aliphatic heterocycles. The van der Waals surface area contributed by atoms with Gasteiger partial charge < -0.3 is 0 Å². The number of rotatable bonds is 0. The van der Waals surface area contributed by atoms with E-state index >= 15 is 0 Å². The normalized spacial score (nSPS) is 15.5. The van der Waals surface area contributed by atoms with Crippen molar-refractivity contribution in [1.82, 2.24) is 14.3 Å². The van der Waals surface area contributed by atoms with E-state index in [-0.39, 0.29) is 0 Å². The summed E-state index contributed by atoms with van der Waals surface area (Å²) < 4.78 is 3.81. The maximum Gasteiger partial charge on any atom is 0.166 e. The lowest BCUT2D eigenvalue weighted by Crippen LogP contribution is -2.41. The van der Waals surface area contributed by atoms with Crippen LogP contribution in [0.3, 0.4) is 0 Å². The van der Waals surface area contributed by atoms with Gasteiger partial charge in [0, 0.05) is 56.2 Å². The minimum absolute atomic E-state index is 0.516. The van der Waals surface area contributed by atoms with E-state index in [0.717, 1.165) is 55.1 Å². The number of amidine groups is 4. The fourth-order valence-corrected chi connectivity index (χ4v) is 5.98. The fourth-order valence-electron chi connectivity index (χ4n) is 5.98. The van der Waals surface area contributed by atoms with Crippen LogP contribution in [0.5, 0.6) is 0 Å². The smallest absolute Gasteiger partial charge is 0.166 e. The quantitative estimate of drug-likeness (QED) is 0.322. The molecule has 0 fully saturated rings. The van der Waals surface area contributed by atoms with Crippen LogP contribution >= 0.6 is 0 Å². The van der Waals surface area contributed by atoms with Crippen molar-refractivity contribution in [2.24, 2.45) is 30.0 Å². The van der Waals surface area contributed by atoms with Crippen LogP contribution in [0.2, 0.25) is 0 Å². The van der Waals surface area contributed by atoms with Gasteiger partial charge in [0.2, 0.25) is 0 Å². The summed E-state index contributed by atoms with van der Waals surface area (Å²) in [6.45, 7) is 0. The zero-order chi connectivity index (χ0) is 26.7. The number of aliphatic imine (C=N–C) groups is 4. The van der Waals surface area contributed by atoms with Crippen LogP contribution in [0.25, 0.3) is 21.5 Å². The number of fused-ring (bicyclic) bond motifs is 14. The maximum absolute atomic E-state index is 5.19. The molecule has 10 nitrogen and oxygen atoms in total. The molecule has 6 bridgehead atoms. The van der Waals surface area contributed by atoms with Crippen molar-refractivity contribution in [3.05, 3.63) is 124 Å². The van der Waals surface area contributed by atoms with Crippen molar-refractivity contribution >= 4 is 56.5 Å². The second kappa shape index (κ2) is 7.33. The molecule has 0 atom stereocenters. The first-order chi connectivity index (χ1) is 20.3. The second-order valence-electron chi connectivity index (χ2n) is 10.1. The molecule has 10 heteroatoms. The molecule has 0 amide bonds. The Labute approximate surface area is 230 Å². The third-order valence-electron chi connectivity index (χ3n) is 7.85. The second-order valence-corrected chi connectivity index (χ2v) is 10.1. The highest BCUT2D eigenvalue weighted by Crippen LogP contribution is 2.39. The summed E-state index contributed by atoms with van der Waals surface area (Å²) >= 11 is 0. The average molecular weight is 529 g/mol. The summed E-state index contributed by atoms with van der Waals surface area (Å²) in [5, 5.41) is 3.88. The Kier molecular flexibility index (Phi) is 3.73. The summed E-state index contributed by atoms with van der Waals surface area (Å²) in [5.74, 6) is 3.64. The number of nitrogens with zero attached hydrogens (tertiary/aromatic N) is 9. The van der Waals surface area contributed by atoms with Crippen LogP contribution in [0.15, 0.2) is 121 Å². The van der Waals surface area contributed by atoms with E-state index in [1.807, 2.05) is 63.9 Å². The molecule has 0 unspecified atom stereocenters. The lowest BCUT2D eigenvalue weighted by atomic mass is 10.1. The molecular formula is C31H16N10. The Morgan fingerprint density at radius 3 is 1.66 bits per heavy atom. The molecule has 190 valence electrons. The number of aromatic nitrogens is 3. The number of nitrogens with one attached hydrogen (secondary N) is 1. The van der Waals surface area contributed by atoms with Gasteiger partial charge in [-0.1, -0.05) is 72.8 Å². The van der Waals surface area contributed by atoms with Gasteiger partial charge in [0.25, 0.3) is 0 Å². The first kappa shape index (κ1) is 20.9. The van der Waals surface area contributed by atoms with E-state index < -0.39 is 0 Å². The summed E-state index contributed by atoms with van der Waals surface area (Å²) in [4.78, 5) is 34.6. The number of hydrogen-bond acceptors (Lipinski definition) is 8. The van der Waals surface area contributed by atoms with E-state index in [4.69, 9.17) is 30.0 Å². The minimum Gasteiger partial charge on any atom is -0.264 e. The molecule has 1 N–H and O–H groups in total. The Morgan fingerprint density at radius 1 is 0.439 bits per heavy atom. The van der Waals surface area contributed by atoms with Crippen molar-refractivity contribution in [1.29, 1.82) is 0 Å². The van der Waals surface area contributed by atoms with Crippen molar-refractivity contribution in [3.63, 3.8) is 0 Å². The Bertz CT molecular complexity index is 2450. The van der Waals surface area contributed by atoms with Crippen molar-refractivity contribution in [2.75, 3.05) is 5.53 Å². The molecule has 0 saturated carbocycles. The first-order valence-corrected chi connectivity index (χ1v) is 13.2. The fraction of sp³-hybridized carbons (Fsp3) is 0. The van der Waals surface area contributed by atoms with Gasteiger partial charge in [-0.15, -0.1) is 0 Å². The van der Waals surface area contributed by atoms with Gasteiger partial charge in [0.05, 0.1) is 0 Å². The van der Waals surface area contributed by atoms with Gasteiger partial charge in [-0.2, -0.15) is 0 Å². The first-order valence-electron chi connectivity index (χ1n) is 13.2. The summed E-state index contributed by atoms with van der Waals surface area (Å²) in [5.41, 5.74) is 8.49. The van der Waals surface area contributed by atoms with E-state index in [1.54, 1.807) is 12.4 Å². The number of benzene rings is 3. The monoisotopic (exact) mass is 528 g/mol. The Morgan fingerprint density at radius 2 is 0.951 bits per heavy atom. The molecule has 3 aromatic carbocycles. The van der Waals surface area contributed by atoms with E-state index in [0.29, 0.717) is 34.6 Å². The molecule has 6 aromatic rings. The molecule has 10 rings (SSSR count). The van der Waals surface area contributed by atoms with Gasteiger partial charge in [0.1, 0.15) is 0 Å². The zero-order valence-electron chi connectivity index (χ0n) is 21.2. The Balaban J connectivity index is 1.41. The minimum atomic E-state index is 0.516. The summed E-state index contributed by atoms with van der Waals surface area (Å²) in [6, 6.07) is 26.2. The molecule has 3 aromatic heterocycles. The lowest BCUT2D eigenvalue weighted by molar-refractivity contribution is 0.682. The SMILES string of the molecule is c1ccc2c(c1)C1=NC3=NC(=Nc4c5ccccc5c5n4Nn4c(c6ccccc6c4=N5)=NC2=N1)c1ccncc13. The van der Waals surface area contributed by atoms with Crippen LogP contribution in [0, 0.1) is 0 Å². The van der Waals surface area contributed by atoms with Gasteiger partial charge in [-0.25, -0.2) is 44.8 Å². The predicted molar refractivity (Wildman–Crippen MR) is 157 cm³/mol. The van der Waals surface area contributed by atoms with Crippen LogP contribution in [0.4, 0.5) is 11.6 Å². The van der Waals surface area contributed by atoms with E-state index in [9.17, 15) is 0 Å². The van der Waals surface area contributed by atoms with Crippen molar-refractivity contribution < 1.29 is 0 Å². The van der Waals surface area contributed by atoms with E-state index in [2.05, 4.69) is 34.8 Å². The number of hydrogen-bond donors (Lipinski definition) is 1. The van der Waals surface area contributed by atoms with Crippen LogP contribution in [0.1, 0.15) is 22.3 Å². The van der Waals surface area contributed by atoms with E-state index in [1.165, 1.54) is 0 Å². The summed E-state index contributed by atoms with van der Waals surface area (Å²) in [6.07, 6.45) is 3.52. The standard InChI is InChI=1S/C31H16N10/c1-2-8-17-16(7-1)24-33-25(17)36-28-19-9-3-5-11-21(19)30-38-31-22-12-6-4-10-20(22)29(41(31)39-40(28)30)37-26-18-13-14-32-15-23(18)27(34-24)35-26/h1-15,39H. The van der Waals surface area contributed by atoms with Crippen LogP contribution in [-0.2, 0) is 0 Å². The van der Waals surface area contributed by atoms with Crippen molar-refractivity contribution in [2.45, 2.75) is 0 Å². The topological polar surface area (TPSA) is 109 Å². The highest BCUT2D eigenvalue weighted by atomic mass is 15.7. The number of pyridine rings is 1. The predicted octanol–water partition coefficient (Wildman–Crippen LogP) is 3.94. The van der Waals surface area contributed by atoms with Gasteiger partial charge in [0.15, 0.2) is 46.0 Å². The summed E-state index contributed by atoms with van der Waals surface area (Å²) in [7, 11) is 0. The highest BCUT2D eigenvalue weighted by molar-refractivity contribution is 6.29. The zero-order valence-corrected chi connectivity index (χ0v) is 21.2. The van der Waals surface area contributed by atoms with Crippen LogP contribution in [-0.4, -0.2) is 37.7 Å². The van der Waals surface area contributed by atoms with Crippen LogP contribution < -0.4 is 16.5 Å².